The van der Waals surface area contributed by atoms with E-state index in [1.165, 1.54) is 0 Å². The van der Waals surface area contributed by atoms with Gasteiger partial charge in [0.05, 0.1) is 0 Å². The van der Waals surface area contributed by atoms with Gasteiger partial charge >= 0.3 is 56.4 Å². The summed E-state index contributed by atoms with van der Waals surface area (Å²) in [6.45, 7) is 1.90. The first-order chi connectivity index (χ1) is 3.81. The van der Waals surface area contributed by atoms with E-state index in [1.807, 2.05) is 6.92 Å². The van der Waals surface area contributed by atoms with Crippen LogP contribution in [0.15, 0.2) is 0 Å². The van der Waals surface area contributed by atoms with E-state index < -0.39 is 19.7 Å². The van der Waals surface area contributed by atoms with Gasteiger partial charge in [-0.3, -0.25) is 0 Å². The van der Waals surface area contributed by atoms with Gasteiger partial charge in [0.25, 0.3) is 0 Å². The molecule has 8 heavy (non-hydrogen) atoms. The van der Waals surface area contributed by atoms with E-state index in [9.17, 15) is 3.08 Å². The van der Waals surface area contributed by atoms with Gasteiger partial charge in [-0.05, 0) is 0 Å². The topological polar surface area (TPSA) is 17.1 Å². The summed E-state index contributed by atoms with van der Waals surface area (Å²) < 4.78 is 15.1. The molecule has 1 nitrogen and oxygen atoms in total. The van der Waals surface area contributed by atoms with E-state index in [0.717, 1.165) is 6.42 Å². The quantitative estimate of drug-likeness (QED) is 0.423. The third-order valence-electron chi connectivity index (χ3n) is 0.510. The number of rotatable bonds is 0. The maximum atomic E-state index is 10.4. The molecule has 0 unspecified atom stereocenters. The van der Waals surface area contributed by atoms with Crippen molar-refractivity contribution in [2.24, 2.45) is 0 Å². The fraction of sp³-hybridized carbons (Fsp3) is 0.333. The van der Waals surface area contributed by atoms with Crippen LogP contribution in [0.5, 0.6) is 0 Å². The molecule has 0 heterocycles. The predicted octanol–water partition coefficient (Wildman–Crippen LogP) is 0.533. The van der Waals surface area contributed by atoms with Crippen LogP contribution in [-0.4, -0.2) is 19.7 Å². The first kappa shape index (κ1) is 7.72. The van der Waals surface area contributed by atoms with Gasteiger partial charge in [0.1, 0.15) is 0 Å². The summed E-state index contributed by atoms with van der Waals surface area (Å²) >= 11 is -2.76. The van der Waals surface area contributed by atoms with Crippen LogP contribution in [0.3, 0.4) is 0 Å². The molecule has 0 spiro atoms. The zero-order chi connectivity index (χ0) is 6.41. The van der Waals surface area contributed by atoms with Gasteiger partial charge in [-0.15, -0.1) is 0 Å². The number of terminal acetylenes is 1. The van der Waals surface area contributed by atoms with Crippen LogP contribution in [0.1, 0.15) is 13.3 Å². The molecule has 0 saturated carbocycles. The van der Waals surface area contributed by atoms with Crippen LogP contribution in [0.2, 0.25) is 0 Å². The molecule has 0 atom stereocenters. The Morgan fingerprint density at radius 2 is 2.38 bits per heavy atom. The standard InChI is InChI=1S/C4H5.C2H.O.Sn/c1-3-4-2;1-2;;/h3H2,1H3;1H;;. The van der Waals surface area contributed by atoms with Gasteiger partial charge in [-0.1, -0.05) is 0 Å². The fourth-order valence-electron chi connectivity index (χ4n) is 0.205. The van der Waals surface area contributed by atoms with E-state index in [1.54, 1.807) is 0 Å². The monoisotopic (exact) mass is 214 g/mol. The van der Waals surface area contributed by atoms with Crippen LogP contribution < -0.4 is 0 Å². The summed E-state index contributed by atoms with van der Waals surface area (Å²) in [5.74, 6) is 2.68. The van der Waals surface area contributed by atoms with E-state index in [2.05, 4.69) is 13.8 Å². The molecule has 0 aliphatic heterocycles. The van der Waals surface area contributed by atoms with Crippen molar-refractivity contribution < 1.29 is 3.08 Å². The Balaban J connectivity index is 3.75. The van der Waals surface area contributed by atoms with Crippen molar-refractivity contribution in [3.05, 3.63) is 0 Å². The molecule has 0 radical (unpaired) electrons. The third-order valence-corrected chi connectivity index (χ3v) is 2.41. The Hall–Kier alpha value is -0.281. The molecule has 2 heteroatoms. The number of hydrogen-bond donors (Lipinski definition) is 0. The summed E-state index contributed by atoms with van der Waals surface area (Å²) in [6.07, 6.45) is 5.58. The van der Waals surface area contributed by atoms with Gasteiger partial charge in [-0.2, -0.15) is 0 Å². The number of hydrogen-bond acceptors (Lipinski definition) is 1. The Morgan fingerprint density at radius 1 is 1.75 bits per heavy atom. The van der Waals surface area contributed by atoms with Crippen molar-refractivity contribution in [3.63, 3.8) is 0 Å². The third kappa shape index (κ3) is 3.89. The average molecular weight is 213 g/mol. The minimum absolute atomic E-state index is 0.744. The summed E-state index contributed by atoms with van der Waals surface area (Å²) in [6, 6.07) is 0. The van der Waals surface area contributed by atoms with E-state index >= 15 is 0 Å². The van der Waals surface area contributed by atoms with Gasteiger partial charge in [0.2, 0.25) is 0 Å². The van der Waals surface area contributed by atoms with Gasteiger partial charge in [0, 0.05) is 0 Å². The summed E-state index contributed by atoms with van der Waals surface area (Å²) in [4.78, 5) is 0. The molecule has 40 valence electrons. The molecule has 0 fully saturated rings. The van der Waals surface area contributed by atoms with E-state index in [0.29, 0.717) is 0 Å². The molecule has 0 aromatic heterocycles. The molecule has 0 aromatic rings. The molecule has 0 rings (SSSR count). The first-order valence-electron chi connectivity index (χ1n) is 2.30. The van der Waals surface area contributed by atoms with Crippen molar-refractivity contribution in [2.75, 3.05) is 0 Å². The summed E-state index contributed by atoms with van der Waals surface area (Å²) in [7, 11) is 0. The van der Waals surface area contributed by atoms with Crippen molar-refractivity contribution in [1.29, 1.82) is 0 Å². The molecular formula is C6H6OSn. The molecule has 0 aliphatic rings. The zero-order valence-corrected chi connectivity index (χ0v) is 7.55. The zero-order valence-electron chi connectivity index (χ0n) is 4.69. The fourth-order valence-corrected chi connectivity index (χ4v) is 1.37. The second kappa shape index (κ2) is 4.87. The Morgan fingerprint density at radius 3 is 2.75 bits per heavy atom. The van der Waals surface area contributed by atoms with Crippen LogP contribution >= 0.6 is 0 Å². The molecule has 0 aromatic carbocycles. The molecular weight excluding hydrogens is 207 g/mol. The van der Waals surface area contributed by atoms with Gasteiger partial charge in [0.15, 0.2) is 0 Å². The summed E-state index contributed by atoms with van der Waals surface area (Å²) in [5.41, 5.74) is 0. The Bertz CT molecular complexity index is 177. The summed E-state index contributed by atoms with van der Waals surface area (Å²) in [5, 5.41) is 0. The molecule has 0 bridgehead atoms. The van der Waals surface area contributed by atoms with Crippen molar-refractivity contribution >= 4 is 19.7 Å². The predicted molar refractivity (Wildman–Crippen MR) is 33.3 cm³/mol. The van der Waals surface area contributed by atoms with Crippen molar-refractivity contribution in [3.8, 4) is 20.2 Å². The van der Waals surface area contributed by atoms with Crippen LogP contribution in [-0.2, 0) is 3.08 Å². The average Bonchev–Trinajstić information content (AvgIpc) is 1.83. The van der Waals surface area contributed by atoms with Crippen LogP contribution in [0, 0.1) is 20.2 Å². The Labute approximate surface area is 56.6 Å². The molecule has 0 amide bonds. The van der Waals surface area contributed by atoms with Crippen LogP contribution in [0.4, 0.5) is 0 Å². The molecule has 0 saturated heterocycles. The normalized spacial score (nSPS) is 6.00. The SMILES string of the molecule is C#[C][Sn](=[O])[C]#CCC. The minimum atomic E-state index is -2.76. The van der Waals surface area contributed by atoms with E-state index in [-0.39, 0.29) is 0 Å². The van der Waals surface area contributed by atoms with Crippen molar-refractivity contribution in [1.82, 2.24) is 0 Å². The van der Waals surface area contributed by atoms with Gasteiger partial charge < -0.3 is 0 Å². The Kier molecular flexibility index (Phi) is 4.70. The molecule has 0 N–H and O–H groups in total. The first-order valence-corrected chi connectivity index (χ1v) is 6.32. The van der Waals surface area contributed by atoms with E-state index in [4.69, 9.17) is 6.42 Å². The van der Waals surface area contributed by atoms with Crippen LogP contribution in [0.25, 0.3) is 0 Å². The maximum absolute atomic E-state index is 10.4. The van der Waals surface area contributed by atoms with Gasteiger partial charge in [-0.25, -0.2) is 0 Å². The van der Waals surface area contributed by atoms with Crippen molar-refractivity contribution in [2.45, 2.75) is 13.3 Å². The molecule has 0 aliphatic carbocycles. The second-order valence-electron chi connectivity index (χ2n) is 1.13. The second-order valence-corrected chi connectivity index (χ2v) is 4.54.